The molecule has 2 N–H and O–H groups in total. The van der Waals surface area contributed by atoms with Crippen molar-refractivity contribution in [2.24, 2.45) is 5.73 Å². The number of nitrogens with two attached hydrogens (primary N) is 1. The van der Waals surface area contributed by atoms with Gasteiger partial charge in [0.15, 0.2) is 0 Å². The first-order chi connectivity index (χ1) is 10.0. The summed E-state index contributed by atoms with van der Waals surface area (Å²) in [6, 6.07) is 5.52. The number of benzene rings is 1. The zero-order valence-corrected chi connectivity index (χ0v) is 13.7. The van der Waals surface area contributed by atoms with Gasteiger partial charge in [0.25, 0.3) is 0 Å². The Labute approximate surface area is 129 Å². The van der Waals surface area contributed by atoms with E-state index in [0.717, 1.165) is 27.8 Å². The molecule has 114 valence electrons. The molecule has 0 saturated heterocycles. The van der Waals surface area contributed by atoms with Crippen LogP contribution in [-0.4, -0.2) is 19.2 Å². The number of rotatable bonds is 6. The minimum Gasteiger partial charge on any atom is -0.497 e. The van der Waals surface area contributed by atoms with Gasteiger partial charge in [-0.25, -0.2) is 4.98 Å². The molecule has 1 heterocycles. The first-order valence-corrected chi connectivity index (χ1v) is 7.85. The average Bonchev–Trinajstić information content (AvgIpc) is 2.95. The van der Waals surface area contributed by atoms with Crippen LogP contribution in [0, 0.1) is 0 Å². The van der Waals surface area contributed by atoms with Crippen LogP contribution >= 0.6 is 11.3 Å². The molecule has 5 heteroatoms. The van der Waals surface area contributed by atoms with Crippen LogP contribution in [0.5, 0.6) is 11.5 Å². The van der Waals surface area contributed by atoms with Crippen LogP contribution < -0.4 is 15.2 Å². The van der Waals surface area contributed by atoms with E-state index < -0.39 is 0 Å². The zero-order chi connectivity index (χ0) is 15.4. The number of ether oxygens (including phenoxy) is 2. The summed E-state index contributed by atoms with van der Waals surface area (Å²) in [4.78, 5) is 4.64. The molecular weight excluding hydrogens is 284 g/mol. The maximum atomic E-state index is 6.34. The summed E-state index contributed by atoms with van der Waals surface area (Å²) >= 11 is 1.66. The quantitative estimate of drug-likeness (QED) is 0.887. The molecule has 21 heavy (non-hydrogen) atoms. The van der Waals surface area contributed by atoms with E-state index in [1.807, 2.05) is 18.2 Å². The highest BCUT2D eigenvalue weighted by atomic mass is 32.1. The van der Waals surface area contributed by atoms with E-state index in [-0.39, 0.29) is 6.04 Å². The minimum absolute atomic E-state index is 0.166. The summed E-state index contributed by atoms with van der Waals surface area (Å²) < 4.78 is 10.7. The Morgan fingerprint density at radius 3 is 2.57 bits per heavy atom. The van der Waals surface area contributed by atoms with E-state index in [1.165, 1.54) is 0 Å². The third-order valence-electron chi connectivity index (χ3n) is 3.39. The monoisotopic (exact) mass is 306 g/mol. The Morgan fingerprint density at radius 2 is 2.00 bits per heavy atom. The molecule has 1 unspecified atom stereocenters. The van der Waals surface area contributed by atoms with Gasteiger partial charge in [0, 0.05) is 23.4 Å². The zero-order valence-electron chi connectivity index (χ0n) is 12.9. The lowest BCUT2D eigenvalue weighted by molar-refractivity contribution is 0.395. The van der Waals surface area contributed by atoms with Crippen LogP contribution in [-0.2, 0) is 6.42 Å². The molecule has 2 rings (SSSR count). The van der Waals surface area contributed by atoms with Gasteiger partial charge in [-0.1, -0.05) is 13.8 Å². The smallest absolute Gasteiger partial charge is 0.123 e. The van der Waals surface area contributed by atoms with Crippen molar-refractivity contribution in [3.05, 3.63) is 39.8 Å². The third-order valence-corrected chi connectivity index (χ3v) is 4.28. The molecule has 0 aliphatic rings. The number of hydrogen-bond donors (Lipinski definition) is 1. The summed E-state index contributed by atoms with van der Waals surface area (Å²) in [6.45, 7) is 4.29. The molecule has 0 spiro atoms. The Bertz CT molecular complexity index is 596. The summed E-state index contributed by atoms with van der Waals surface area (Å²) in [5.41, 5.74) is 8.41. The highest BCUT2D eigenvalue weighted by Gasteiger charge is 2.16. The molecule has 0 bridgehead atoms. The second-order valence-electron chi connectivity index (χ2n) is 5.24. The average molecular weight is 306 g/mol. The topological polar surface area (TPSA) is 57.4 Å². The van der Waals surface area contributed by atoms with Gasteiger partial charge in [0.2, 0.25) is 0 Å². The second-order valence-corrected chi connectivity index (χ2v) is 6.18. The SMILES string of the molecule is COc1ccc(OC)c(C(N)Cc2nc(C(C)C)cs2)c1. The minimum atomic E-state index is -0.166. The lowest BCUT2D eigenvalue weighted by Gasteiger charge is -2.16. The fourth-order valence-electron chi connectivity index (χ4n) is 2.11. The highest BCUT2D eigenvalue weighted by Crippen LogP contribution is 2.31. The van der Waals surface area contributed by atoms with Crippen molar-refractivity contribution in [1.82, 2.24) is 4.98 Å². The predicted octanol–water partition coefficient (Wildman–Crippen LogP) is 3.53. The predicted molar refractivity (Wildman–Crippen MR) is 86.4 cm³/mol. The molecule has 0 saturated carbocycles. The number of hydrogen-bond acceptors (Lipinski definition) is 5. The molecule has 0 radical (unpaired) electrons. The second kappa shape index (κ2) is 6.91. The van der Waals surface area contributed by atoms with Gasteiger partial charge in [0.05, 0.1) is 24.9 Å². The fraction of sp³-hybridized carbons (Fsp3) is 0.438. The van der Waals surface area contributed by atoms with E-state index in [2.05, 4.69) is 24.2 Å². The van der Waals surface area contributed by atoms with E-state index in [0.29, 0.717) is 12.3 Å². The standard InChI is InChI=1S/C16H22N2O2S/c1-10(2)14-9-21-16(18-14)8-13(17)12-7-11(19-3)5-6-15(12)20-4/h5-7,9-10,13H,8,17H2,1-4H3. The summed E-state index contributed by atoms with van der Waals surface area (Å²) in [5.74, 6) is 2.00. The van der Waals surface area contributed by atoms with Crippen LogP contribution in [0.3, 0.4) is 0 Å². The highest BCUT2D eigenvalue weighted by molar-refractivity contribution is 7.09. The van der Waals surface area contributed by atoms with Crippen molar-refractivity contribution in [3.8, 4) is 11.5 Å². The van der Waals surface area contributed by atoms with Crippen LogP contribution in [0.2, 0.25) is 0 Å². The van der Waals surface area contributed by atoms with E-state index >= 15 is 0 Å². The van der Waals surface area contributed by atoms with Gasteiger partial charge < -0.3 is 15.2 Å². The molecular formula is C16H22N2O2S. The van der Waals surface area contributed by atoms with Crippen LogP contribution in [0.15, 0.2) is 23.6 Å². The van der Waals surface area contributed by atoms with Gasteiger partial charge in [-0.3, -0.25) is 0 Å². The Morgan fingerprint density at radius 1 is 1.24 bits per heavy atom. The normalized spacial score (nSPS) is 12.5. The van der Waals surface area contributed by atoms with Crippen molar-refractivity contribution in [1.29, 1.82) is 0 Å². The molecule has 1 atom stereocenters. The fourth-order valence-corrected chi connectivity index (χ4v) is 3.13. The van der Waals surface area contributed by atoms with Crippen molar-refractivity contribution in [2.75, 3.05) is 14.2 Å². The lowest BCUT2D eigenvalue weighted by Crippen LogP contribution is -2.14. The van der Waals surface area contributed by atoms with E-state index in [9.17, 15) is 0 Å². The van der Waals surface area contributed by atoms with Gasteiger partial charge in [-0.15, -0.1) is 11.3 Å². The largest absolute Gasteiger partial charge is 0.497 e. The van der Waals surface area contributed by atoms with Gasteiger partial charge in [-0.05, 0) is 24.1 Å². The van der Waals surface area contributed by atoms with Gasteiger partial charge in [-0.2, -0.15) is 0 Å². The maximum Gasteiger partial charge on any atom is 0.123 e. The molecule has 2 aromatic rings. The maximum absolute atomic E-state index is 6.34. The molecule has 0 amide bonds. The molecule has 0 aliphatic carbocycles. The lowest BCUT2D eigenvalue weighted by atomic mass is 10.0. The number of methoxy groups -OCH3 is 2. The Hall–Kier alpha value is -1.59. The Kier molecular flexibility index (Phi) is 5.20. The molecule has 1 aromatic carbocycles. The number of aromatic nitrogens is 1. The molecule has 4 nitrogen and oxygen atoms in total. The summed E-state index contributed by atoms with van der Waals surface area (Å²) in [6.07, 6.45) is 0.695. The van der Waals surface area contributed by atoms with Crippen LogP contribution in [0.1, 0.15) is 42.1 Å². The first kappa shape index (κ1) is 15.8. The van der Waals surface area contributed by atoms with Crippen LogP contribution in [0.4, 0.5) is 0 Å². The molecule has 1 aromatic heterocycles. The van der Waals surface area contributed by atoms with Crippen LogP contribution in [0.25, 0.3) is 0 Å². The van der Waals surface area contributed by atoms with Crippen molar-refractivity contribution < 1.29 is 9.47 Å². The van der Waals surface area contributed by atoms with E-state index in [1.54, 1.807) is 25.6 Å². The molecule has 0 fully saturated rings. The summed E-state index contributed by atoms with van der Waals surface area (Å²) in [7, 11) is 3.30. The number of nitrogens with zero attached hydrogens (tertiary/aromatic N) is 1. The van der Waals surface area contributed by atoms with Crippen molar-refractivity contribution in [3.63, 3.8) is 0 Å². The van der Waals surface area contributed by atoms with E-state index in [4.69, 9.17) is 15.2 Å². The Balaban J connectivity index is 2.20. The summed E-state index contributed by atoms with van der Waals surface area (Å²) in [5, 5.41) is 3.16. The number of thiazole rings is 1. The van der Waals surface area contributed by atoms with Crippen molar-refractivity contribution >= 4 is 11.3 Å². The molecule has 0 aliphatic heterocycles. The van der Waals surface area contributed by atoms with Crippen molar-refractivity contribution in [2.45, 2.75) is 32.2 Å². The first-order valence-electron chi connectivity index (χ1n) is 6.97. The van der Waals surface area contributed by atoms with Gasteiger partial charge in [0.1, 0.15) is 11.5 Å². The third kappa shape index (κ3) is 3.74. The van der Waals surface area contributed by atoms with Gasteiger partial charge >= 0.3 is 0 Å².